The molecule has 5 nitrogen and oxygen atoms in total. The summed E-state index contributed by atoms with van der Waals surface area (Å²) in [5, 5.41) is 3.41. The Balaban J connectivity index is 1.45. The molecule has 3 aromatic carbocycles. The van der Waals surface area contributed by atoms with E-state index in [-0.39, 0.29) is 19.1 Å². The van der Waals surface area contributed by atoms with Crippen LogP contribution in [-0.2, 0) is 16.1 Å². The van der Waals surface area contributed by atoms with Crippen LogP contribution in [0.3, 0.4) is 0 Å². The molecular weight excluding hydrogens is 378 g/mol. The van der Waals surface area contributed by atoms with Crippen molar-refractivity contribution in [2.45, 2.75) is 6.61 Å². The van der Waals surface area contributed by atoms with E-state index in [1.807, 2.05) is 30.3 Å². The van der Waals surface area contributed by atoms with E-state index in [1.165, 1.54) is 0 Å². The molecule has 0 unspecified atom stereocenters. The highest BCUT2D eigenvalue weighted by atomic mass is 35.5. The number of halogens is 1. The number of carbonyl (C=O) groups is 2. The quantitative estimate of drug-likeness (QED) is 0.588. The lowest BCUT2D eigenvalue weighted by Gasteiger charge is -2.08. The molecule has 0 fully saturated rings. The predicted molar refractivity (Wildman–Crippen MR) is 108 cm³/mol. The third-order valence-corrected chi connectivity index (χ3v) is 4.07. The second kappa shape index (κ2) is 9.58. The summed E-state index contributed by atoms with van der Waals surface area (Å²) in [5.74, 6) is -0.151. The van der Waals surface area contributed by atoms with Crippen LogP contribution < -0.4 is 10.1 Å². The van der Waals surface area contributed by atoms with E-state index in [2.05, 4.69) is 5.32 Å². The van der Waals surface area contributed by atoms with Crippen molar-refractivity contribution >= 4 is 29.2 Å². The van der Waals surface area contributed by atoms with Crippen molar-refractivity contribution in [2.75, 3.05) is 11.9 Å². The number of benzene rings is 3. The average Bonchev–Trinajstić information content (AvgIpc) is 2.73. The molecule has 0 bridgehead atoms. The van der Waals surface area contributed by atoms with Gasteiger partial charge in [-0.05, 0) is 54.1 Å². The Kier molecular flexibility index (Phi) is 6.65. The van der Waals surface area contributed by atoms with Gasteiger partial charge in [-0.2, -0.15) is 0 Å². The molecule has 3 aromatic rings. The van der Waals surface area contributed by atoms with Crippen LogP contribution in [0.5, 0.6) is 5.75 Å². The zero-order chi connectivity index (χ0) is 19.8. The van der Waals surface area contributed by atoms with Crippen molar-refractivity contribution in [1.29, 1.82) is 0 Å². The number of hydrogen-bond acceptors (Lipinski definition) is 4. The van der Waals surface area contributed by atoms with E-state index in [4.69, 9.17) is 21.1 Å². The summed E-state index contributed by atoms with van der Waals surface area (Å²) in [5.41, 5.74) is 2.02. The number of esters is 1. The summed E-state index contributed by atoms with van der Waals surface area (Å²) in [6.45, 7) is -0.0946. The predicted octanol–water partition coefficient (Wildman–Crippen LogP) is 4.71. The third kappa shape index (κ3) is 5.86. The van der Waals surface area contributed by atoms with Crippen molar-refractivity contribution in [3.8, 4) is 5.75 Å². The maximum Gasteiger partial charge on any atom is 0.344 e. The molecule has 1 amide bonds. The first-order chi connectivity index (χ1) is 13.6. The van der Waals surface area contributed by atoms with Crippen LogP contribution in [0.2, 0.25) is 5.02 Å². The van der Waals surface area contributed by atoms with E-state index in [1.54, 1.807) is 48.5 Å². The molecule has 0 aliphatic rings. The molecule has 142 valence electrons. The van der Waals surface area contributed by atoms with Gasteiger partial charge in [0.1, 0.15) is 12.4 Å². The lowest BCUT2D eigenvalue weighted by atomic mass is 10.1. The highest BCUT2D eigenvalue weighted by Crippen LogP contribution is 2.15. The summed E-state index contributed by atoms with van der Waals surface area (Å²) in [4.78, 5) is 24.0. The van der Waals surface area contributed by atoms with Crippen LogP contribution in [0.25, 0.3) is 0 Å². The van der Waals surface area contributed by atoms with Gasteiger partial charge < -0.3 is 14.8 Å². The number of anilines is 1. The minimum atomic E-state index is -0.485. The van der Waals surface area contributed by atoms with Crippen molar-refractivity contribution in [3.63, 3.8) is 0 Å². The summed E-state index contributed by atoms with van der Waals surface area (Å²) in [7, 11) is 0. The number of carbonyl (C=O) groups excluding carboxylic acids is 2. The fraction of sp³-hybridized carbons (Fsp3) is 0.0909. The van der Waals surface area contributed by atoms with Gasteiger partial charge >= 0.3 is 5.97 Å². The monoisotopic (exact) mass is 395 g/mol. The van der Waals surface area contributed by atoms with E-state index < -0.39 is 5.97 Å². The summed E-state index contributed by atoms with van der Waals surface area (Å²) in [6.07, 6.45) is 0. The van der Waals surface area contributed by atoms with E-state index >= 15 is 0 Å². The SMILES string of the molecule is O=C(COc1ccc(Cl)cc1)OCc1ccc(C(=O)Nc2ccccc2)cc1. The van der Waals surface area contributed by atoms with Crippen LogP contribution in [0, 0.1) is 0 Å². The summed E-state index contributed by atoms with van der Waals surface area (Å²) in [6, 6.07) is 22.8. The van der Waals surface area contributed by atoms with Gasteiger partial charge in [-0.25, -0.2) is 4.79 Å². The number of hydrogen-bond donors (Lipinski definition) is 1. The minimum absolute atomic E-state index is 0.101. The first-order valence-corrected chi connectivity index (χ1v) is 8.97. The van der Waals surface area contributed by atoms with Gasteiger partial charge in [0.2, 0.25) is 0 Å². The van der Waals surface area contributed by atoms with Crippen LogP contribution in [0.4, 0.5) is 5.69 Å². The molecule has 0 aliphatic carbocycles. The number of para-hydroxylation sites is 1. The number of nitrogens with one attached hydrogen (secondary N) is 1. The molecule has 0 aliphatic heterocycles. The van der Waals surface area contributed by atoms with Gasteiger partial charge in [-0.1, -0.05) is 41.9 Å². The van der Waals surface area contributed by atoms with E-state index in [0.717, 1.165) is 11.3 Å². The van der Waals surface area contributed by atoms with Gasteiger partial charge in [0, 0.05) is 16.3 Å². The smallest absolute Gasteiger partial charge is 0.344 e. The summed E-state index contributed by atoms with van der Waals surface area (Å²) < 4.78 is 10.5. The van der Waals surface area contributed by atoms with Crippen molar-refractivity contribution in [2.24, 2.45) is 0 Å². The molecule has 0 spiro atoms. The fourth-order valence-corrected chi connectivity index (χ4v) is 2.48. The standard InChI is InChI=1S/C22H18ClNO4/c23-18-10-12-20(13-11-18)27-15-21(25)28-14-16-6-8-17(9-7-16)22(26)24-19-4-2-1-3-5-19/h1-13H,14-15H2,(H,24,26). The van der Waals surface area contributed by atoms with Gasteiger partial charge in [0.25, 0.3) is 5.91 Å². The first-order valence-electron chi connectivity index (χ1n) is 8.59. The fourth-order valence-electron chi connectivity index (χ4n) is 2.36. The second-order valence-corrected chi connectivity index (χ2v) is 6.36. The van der Waals surface area contributed by atoms with Crippen molar-refractivity contribution in [1.82, 2.24) is 0 Å². The maximum absolute atomic E-state index is 12.2. The Morgan fingerprint density at radius 3 is 2.21 bits per heavy atom. The van der Waals surface area contributed by atoms with Gasteiger partial charge in [0.15, 0.2) is 6.61 Å². The second-order valence-electron chi connectivity index (χ2n) is 5.92. The van der Waals surface area contributed by atoms with Crippen LogP contribution >= 0.6 is 11.6 Å². The lowest BCUT2D eigenvalue weighted by Crippen LogP contribution is -2.15. The molecule has 1 N–H and O–H groups in total. The molecule has 0 aromatic heterocycles. The van der Waals surface area contributed by atoms with Crippen LogP contribution in [0.1, 0.15) is 15.9 Å². The van der Waals surface area contributed by atoms with E-state index in [0.29, 0.717) is 16.3 Å². The zero-order valence-electron chi connectivity index (χ0n) is 14.9. The van der Waals surface area contributed by atoms with Crippen molar-refractivity contribution < 1.29 is 19.1 Å². The molecule has 0 radical (unpaired) electrons. The normalized spacial score (nSPS) is 10.2. The van der Waals surface area contributed by atoms with Gasteiger partial charge in [0.05, 0.1) is 0 Å². The lowest BCUT2D eigenvalue weighted by molar-refractivity contribution is -0.147. The molecule has 0 heterocycles. The number of rotatable bonds is 7. The topological polar surface area (TPSA) is 64.6 Å². The third-order valence-electron chi connectivity index (χ3n) is 3.82. The molecule has 0 saturated heterocycles. The zero-order valence-corrected chi connectivity index (χ0v) is 15.7. The largest absolute Gasteiger partial charge is 0.482 e. The highest BCUT2D eigenvalue weighted by Gasteiger charge is 2.08. The highest BCUT2D eigenvalue weighted by molar-refractivity contribution is 6.30. The first kappa shape index (κ1) is 19.5. The number of ether oxygens (including phenoxy) is 2. The Bertz CT molecular complexity index is 925. The summed E-state index contributed by atoms with van der Waals surface area (Å²) >= 11 is 5.79. The Morgan fingerprint density at radius 1 is 0.857 bits per heavy atom. The molecule has 3 rings (SSSR count). The maximum atomic E-state index is 12.2. The Labute approximate surface area is 167 Å². The molecule has 0 saturated carbocycles. The van der Waals surface area contributed by atoms with Crippen LogP contribution in [0.15, 0.2) is 78.9 Å². The molecular formula is C22H18ClNO4. The van der Waals surface area contributed by atoms with Crippen molar-refractivity contribution in [3.05, 3.63) is 95.0 Å². The Hall–Kier alpha value is -3.31. The van der Waals surface area contributed by atoms with Gasteiger partial charge in [-0.15, -0.1) is 0 Å². The van der Waals surface area contributed by atoms with Crippen LogP contribution in [-0.4, -0.2) is 18.5 Å². The average molecular weight is 396 g/mol. The Morgan fingerprint density at radius 2 is 1.54 bits per heavy atom. The number of amides is 1. The van der Waals surface area contributed by atoms with E-state index in [9.17, 15) is 9.59 Å². The molecule has 0 atom stereocenters. The molecule has 6 heteroatoms. The molecule has 28 heavy (non-hydrogen) atoms. The van der Waals surface area contributed by atoms with Gasteiger partial charge in [-0.3, -0.25) is 4.79 Å². The minimum Gasteiger partial charge on any atom is -0.482 e.